The molecular formula is C30H32IrNO2S-. The van der Waals surface area contributed by atoms with Crippen LogP contribution < -0.4 is 0 Å². The van der Waals surface area contributed by atoms with Gasteiger partial charge in [0.05, 0.1) is 10.5 Å². The second kappa shape index (κ2) is 11.9. The third-order valence-electron chi connectivity index (χ3n) is 5.28. The third kappa shape index (κ3) is 7.96. The van der Waals surface area contributed by atoms with Crippen molar-refractivity contribution in [1.82, 2.24) is 4.98 Å². The van der Waals surface area contributed by atoms with E-state index in [1.807, 2.05) is 6.20 Å². The van der Waals surface area contributed by atoms with Gasteiger partial charge in [-0.15, -0.1) is 46.2 Å². The van der Waals surface area contributed by atoms with Gasteiger partial charge in [0.1, 0.15) is 0 Å². The number of rotatable bonds is 3. The fourth-order valence-electron chi connectivity index (χ4n) is 3.70. The Balaban J connectivity index is 0.000000476. The maximum absolute atomic E-state index is 10.0. The Kier molecular flexibility index (Phi) is 9.74. The Hall–Kier alpha value is -2.59. The minimum Gasteiger partial charge on any atom is -0.512 e. The number of pyridine rings is 1. The summed E-state index contributed by atoms with van der Waals surface area (Å²) < 4.78 is 1.22. The molecule has 1 N–H and O–H groups in total. The average Bonchev–Trinajstić information content (AvgIpc) is 3.15. The van der Waals surface area contributed by atoms with Crippen molar-refractivity contribution in [2.45, 2.75) is 53.9 Å². The van der Waals surface area contributed by atoms with Gasteiger partial charge < -0.3 is 10.1 Å². The minimum absolute atomic E-state index is 0. The van der Waals surface area contributed by atoms with Crippen LogP contribution in [0.4, 0.5) is 0 Å². The number of aromatic nitrogens is 1. The van der Waals surface area contributed by atoms with E-state index in [2.05, 4.69) is 89.2 Å². The number of aryl methyl sites for hydroxylation is 2. The number of fused-ring (bicyclic) bond motifs is 1. The van der Waals surface area contributed by atoms with Crippen molar-refractivity contribution in [3.63, 3.8) is 0 Å². The predicted octanol–water partition coefficient (Wildman–Crippen LogP) is 8.38. The molecule has 1 radical (unpaired) electrons. The number of hydrogen-bond acceptors (Lipinski definition) is 4. The largest absolute Gasteiger partial charge is 0.512 e. The SMILES string of the molecule is CC(=O)/C=C(/C)O.Cc1[c-]c(-c2cc3cc(-c4ccc(C(C)(C)C)cc4)sc3cn2)cc(C)c1.[Ir]. The first kappa shape index (κ1) is 28.6. The van der Waals surface area contributed by atoms with E-state index in [-0.39, 0.29) is 37.1 Å². The van der Waals surface area contributed by atoms with E-state index in [1.165, 1.54) is 51.6 Å². The second-order valence-electron chi connectivity index (χ2n) is 9.70. The van der Waals surface area contributed by atoms with Gasteiger partial charge in [0, 0.05) is 37.3 Å². The molecule has 0 spiro atoms. The van der Waals surface area contributed by atoms with E-state index in [0.29, 0.717) is 0 Å². The summed E-state index contributed by atoms with van der Waals surface area (Å²) in [5.41, 5.74) is 7.26. The monoisotopic (exact) mass is 663 g/mol. The molecule has 4 rings (SSSR count). The van der Waals surface area contributed by atoms with Crippen LogP contribution >= 0.6 is 11.3 Å². The summed E-state index contributed by atoms with van der Waals surface area (Å²) in [5, 5.41) is 9.61. The number of carbonyl (C=O) groups excluding carboxylic acids is 1. The zero-order valence-corrected chi connectivity index (χ0v) is 24.5. The first-order valence-corrected chi connectivity index (χ1v) is 12.1. The van der Waals surface area contributed by atoms with Gasteiger partial charge in [-0.05, 0) is 47.5 Å². The molecule has 0 saturated heterocycles. The number of ketones is 1. The van der Waals surface area contributed by atoms with Crippen molar-refractivity contribution in [2.75, 3.05) is 0 Å². The molecule has 4 aromatic rings. The summed E-state index contributed by atoms with van der Waals surface area (Å²) in [7, 11) is 0. The van der Waals surface area contributed by atoms with Gasteiger partial charge in [0.2, 0.25) is 0 Å². The van der Waals surface area contributed by atoms with Crippen molar-refractivity contribution in [3.8, 4) is 21.7 Å². The van der Waals surface area contributed by atoms with E-state index in [4.69, 9.17) is 10.1 Å². The Morgan fingerprint density at radius 3 is 2.20 bits per heavy atom. The number of aliphatic hydroxyl groups excluding tert-OH is 1. The zero-order valence-electron chi connectivity index (χ0n) is 21.3. The first-order valence-electron chi connectivity index (χ1n) is 11.3. The fourth-order valence-corrected chi connectivity index (χ4v) is 4.72. The fraction of sp³-hybridized carbons (Fsp3) is 0.267. The van der Waals surface area contributed by atoms with Crippen LogP contribution in [-0.4, -0.2) is 15.9 Å². The van der Waals surface area contributed by atoms with Gasteiger partial charge in [0.15, 0.2) is 5.78 Å². The van der Waals surface area contributed by atoms with E-state index in [1.54, 1.807) is 11.3 Å². The van der Waals surface area contributed by atoms with Crippen LogP contribution in [0.2, 0.25) is 0 Å². The summed E-state index contributed by atoms with van der Waals surface area (Å²) in [5.74, 6) is -0.0625. The molecule has 0 aliphatic rings. The van der Waals surface area contributed by atoms with Crippen LogP contribution in [0.25, 0.3) is 31.8 Å². The quantitative estimate of drug-likeness (QED) is 0.136. The van der Waals surface area contributed by atoms with E-state index in [0.717, 1.165) is 16.8 Å². The molecule has 0 saturated carbocycles. The molecule has 185 valence electrons. The predicted molar refractivity (Wildman–Crippen MR) is 145 cm³/mol. The van der Waals surface area contributed by atoms with Gasteiger partial charge in [-0.3, -0.25) is 4.79 Å². The summed E-state index contributed by atoms with van der Waals surface area (Å²) in [6.07, 6.45) is 3.16. The molecule has 35 heavy (non-hydrogen) atoms. The summed E-state index contributed by atoms with van der Waals surface area (Å²) in [4.78, 5) is 16.0. The number of benzene rings is 2. The molecular weight excluding hydrogens is 631 g/mol. The van der Waals surface area contributed by atoms with Crippen molar-refractivity contribution in [1.29, 1.82) is 0 Å². The van der Waals surface area contributed by atoms with Crippen LogP contribution in [0.3, 0.4) is 0 Å². The van der Waals surface area contributed by atoms with Crippen molar-refractivity contribution in [2.24, 2.45) is 0 Å². The molecule has 0 bridgehead atoms. The topological polar surface area (TPSA) is 50.2 Å². The summed E-state index contributed by atoms with van der Waals surface area (Å²) in [6.45, 7) is 13.8. The normalized spacial score (nSPS) is 11.5. The number of nitrogens with zero attached hydrogens (tertiary/aromatic N) is 1. The van der Waals surface area contributed by atoms with Crippen molar-refractivity contribution in [3.05, 3.63) is 89.3 Å². The Morgan fingerprint density at radius 1 is 1.03 bits per heavy atom. The van der Waals surface area contributed by atoms with Crippen LogP contribution in [-0.2, 0) is 30.3 Å². The van der Waals surface area contributed by atoms with Gasteiger partial charge >= 0.3 is 0 Å². The minimum atomic E-state index is -0.125. The molecule has 3 nitrogen and oxygen atoms in total. The number of aliphatic hydroxyl groups is 1. The molecule has 0 atom stereocenters. The average molecular weight is 663 g/mol. The van der Waals surface area contributed by atoms with E-state index >= 15 is 0 Å². The smallest absolute Gasteiger partial charge is 0.155 e. The van der Waals surface area contributed by atoms with Crippen LogP contribution in [0.5, 0.6) is 0 Å². The molecule has 0 aliphatic carbocycles. The van der Waals surface area contributed by atoms with Gasteiger partial charge in [-0.25, -0.2) is 0 Å². The molecule has 0 unspecified atom stereocenters. The Morgan fingerprint density at radius 2 is 1.69 bits per heavy atom. The Bertz CT molecular complexity index is 1320. The standard InChI is InChI=1S/C25H24NS.C5H8O2.Ir/c1-16-10-17(2)12-19(11-16)22-13-20-14-23(27-24(20)15-26-22)18-6-8-21(9-7-18)25(3,4)5;1-4(6)3-5(2)7;/h6-11,13-15H,1-5H3;3,6H,1-2H3;/q-1;;/b;4-3-;. The number of allylic oxidation sites excluding steroid dienone is 2. The molecule has 0 amide bonds. The summed E-state index contributed by atoms with van der Waals surface area (Å²) in [6, 6.07) is 21.1. The third-order valence-corrected chi connectivity index (χ3v) is 6.41. The number of hydrogen-bond donors (Lipinski definition) is 1. The molecule has 0 fully saturated rings. The number of thiophene rings is 1. The molecule has 2 aromatic heterocycles. The molecule has 5 heteroatoms. The van der Waals surface area contributed by atoms with Crippen LogP contribution in [0, 0.1) is 19.9 Å². The zero-order chi connectivity index (χ0) is 25.0. The first-order chi connectivity index (χ1) is 15.9. The van der Waals surface area contributed by atoms with Crippen molar-refractivity contribution >= 4 is 27.2 Å². The van der Waals surface area contributed by atoms with Gasteiger partial charge in [-0.1, -0.05) is 65.0 Å². The Labute approximate surface area is 226 Å². The maximum Gasteiger partial charge on any atom is 0.155 e. The van der Waals surface area contributed by atoms with Crippen LogP contribution in [0.1, 0.15) is 51.3 Å². The summed E-state index contributed by atoms with van der Waals surface area (Å²) >= 11 is 1.80. The molecule has 0 aliphatic heterocycles. The van der Waals surface area contributed by atoms with Gasteiger partial charge in [-0.2, -0.15) is 0 Å². The maximum atomic E-state index is 10.0. The van der Waals surface area contributed by atoms with Crippen molar-refractivity contribution < 1.29 is 30.0 Å². The van der Waals surface area contributed by atoms with Crippen LogP contribution in [0.15, 0.2) is 66.6 Å². The van der Waals surface area contributed by atoms with E-state index in [9.17, 15) is 4.79 Å². The second-order valence-corrected chi connectivity index (χ2v) is 10.8. The van der Waals surface area contributed by atoms with E-state index < -0.39 is 0 Å². The molecule has 2 aromatic carbocycles. The van der Waals surface area contributed by atoms with Gasteiger partial charge in [0.25, 0.3) is 0 Å². The molecule has 2 heterocycles. The number of carbonyl (C=O) groups is 1.